The third-order valence-corrected chi connectivity index (χ3v) is 5.87. The Hall–Kier alpha value is -0.610. The average molecular weight is 523 g/mol. The van der Waals surface area contributed by atoms with Gasteiger partial charge >= 0.3 is 0 Å². The lowest BCUT2D eigenvalue weighted by Crippen LogP contribution is -2.54. The Bertz CT molecular complexity index is 474. The Morgan fingerprint density at radius 3 is 2.21 bits per heavy atom. The first-order chi connectivity index (χ1) is 13.6. The SMILES string of the molecule is CCCCN(C)CCNC(=NC)N1CCN(CC(=O)N2CCCCCC2)CC1.I. The number of halogens is 1. The van der Waals surface area contributed by atoms with E-state index in [9.17, 15) is 4.79 Å². The molecule has 2 heterocycles. The van der Waals surface area contributed by atoms with E-state index >= 15 is 0 Å². The first-order valence-corrected chi connectivity index (χ1v) is 11.3. The number of unbranched alkanes of at least 4 members (excludes halogenated alkanes) is 1. The number of nitrogens with one attached hydrogen (secondary N) is 1. The molecule has 0 aromatic rings. The van der Waals surface area contributed by atoms with Gasteiger partial charge in [0.1, 0.15) is 0 Å². The minimum absolute atomic E-state index is 0. The number of nitrogens with zero attached hydrogens (tertiary/aromatic N) is 5. The number of amides is 1. The van der Waals surface area contributed by atoms with Crippen molar-refractivity contribution in [2.45, 2.75) is 45.4 Å². The van der Waals surface area contributed by atoms with E-state index < -0.39 is 0 Å². The Morgan fingerprint density at radius 2 is 1.62 bits per heavy atom. The molecule has 2 aliphatic heterocycles. The summed E-state index contributed by atoms with van der Waals surface area (Å²) in [6.45, 7) is 11.5. The van der Waals surface area contributed by atoms with Crippen LogP contribution in [-0.2, 0) is 4.79 Å². The molecule has 0 aliphatic carbocycles. The van der Waals surface area contributed by atoms with Crippen molar-refractivity contribution in [1.29, 1.82) is 0 Å². The number of aliphatic imine (C=N–C) groups is 1. The maximum Gasteiger partial charge on any atom is 0.236 e. The molecule has 0 aromatic heterocycles. The van der Waals surface area contributed by atoms with Gasteiger partial charge in [-0.3, -0.25) is 14.7 Å². The van der Waals surface area contributed by atoms with Gasteiger partial charge in [0, 0.05) is 59.4 Å². The molecule has 1 amide bonds. The standard InChI is InChI=1S/C21H42N6O.HI/c1-4-5-11-24(3)14-10-23-21(22-2)27-17-15-25(16-18-27)19-20(28)26-12-8-6-7-9-13-26;/h4-19H2,1-3H3,(H,22,23);1H. The second-order valence-electron chi connectivity index (χ2n) is 8.19. The van der Waals surface area contributed by atoms with Gasteiger partial charge in [0.15, 0.2) is 5.96 Å². The summed E-state index contributed by atoms with van der Waals surface area (Å²) in [5, 5.41) is 3.50. The maximum atomic E-state index is 12.6. The van der Waals surface area contributed by atoms with Crippen LogP contribution in [0.2, 0.25) is 0 Å². The monoisotopic (exact) mass is 522 g/mol. The zero-order valence-electron chi connectivity index (χ0n) is 18.9. The highest BCUT2D eigenvalue weighted by Gasteiger charge is 2.23. The van der Waals surface area contributed by atoms with Crippen molar-refractivity contribution in [1.82, 2.24) is 24.9 Å². The number of likely N-dealkylation sites (N-methyl/N-ethyl adjacent to an activating group) is 1. The number of likely N-dealkylation sites (tertiary alicyclic amines) is 1. The van der Waals surface area contributed by atoms with Gasteiger partial charge < -0.3 is 20.0 Å². The number of hydrogen-bond donors (Lipinski definition) is 1. The van der Waals surface area contributed by atoms with E-state index in [-0.39, 0.29) is 24.0 Å². The molecule has 0 spiro atoms. The van der Waals surface area contributed by atoms with Crippen molar-refractivity contribution in [3.05, 3.63) is 0 Å². The molecule has 0 saturated carbocycles. The number of guanidine groups is 1. The van der Waals surface area contributed by atoms with Gasteiger partial charge in [0.2, 0.25) is 5.91 Å². The van der Waals surface area contributed by atoms with E-state index in [1.54, 1.807) is 0 Å². The Labute approximate surface area is 195 Å². The first kappa shape index (κ1) is 26.4. The predicted molar refractivity (Wildman–Crippen MR) is 132 cm³/mol. The number of piperazine rings is 1. The molecule has 1 N–H and O–H groups in total. The third kappa shape index (κ3) is 9.83. The smallest absolute Gasteiger partial charge is 0.236 e. The van der Waals surface area contributed by atoms with E-state index in [1.807, 2.05) is 7.05 Å². The molecule has 170 valence electrons. The van der Waals surface area contributed by atoms with Crippen molar-refractivity contribution < 1.29 is 4.79 Å². The van der Waals surface area contributed by atoms with Gasteiger partial charge in [-0.05, 0) is 32.9 Å². The van der Waals surface area contributed by atoms with Crippen LogP contribution in [0.5, 0.6) is 0 Å². The van der Waals surface area contributed by atoms with Gasteiger partial charge in [0.25, 0.3) is 0 Å². The van der Waals surface area contributed by atoms with Crippen LogP contribution in [-0.4, -0.2) is 111 Å². The minimum atomic E-state index is 0. The summed E-state index contributed by atoms with van der Waals surface area (Å²) in [6.07, 6.45) is 7.35. The molecular formula is C21H43IN6O. The Kier molecular flexibility index (Phi) is 13.9. The van der Waals surface area contributed by atoms with Crippen LogP contribution in [0.3, 0.4) is 0 Å². The lowest BCUT2D eigenvalue weighted by molar-refractivity contribution is -0.132. The summed E-state index contributed by atoms with van der Waals surface area (Å²) in [6, 6.07) is 0. The van der Waals surface area contributed by atoms with E-state index in [0.29, 0.717) is 12.5 Å². The van der Waals surface area contributed by atoms with E-state index in [2.05, 4.69) is 43.9 Å². The van der Waals surface area contributed by atoms with E-state index in [1.165, 1.54) is 25.7 Å². The molecule has 29 heavy (non-hydrogen) atoms. The summed E-state index contributed by atoms with van der Waals surface area (Å²) >= 11 is 0. The lowest BCUT2D eigenvalue weighted by atomic mass is 10.2. The minimum Gasteiger partial charge on any atom is -0.355 e. The largest absolute Gasteiger partial charge is 0.355 e. The molecule has 0 bridgehead atoms. The number of hydrogen-bond acceptors (Lipinski definition) is 4. The highest BCUT2D eigenvalue weighted by Crippen LogP contribution is 2.11. The van der Waals surface area contributed by atoms with Gasteiger partial charge in [-0.25, -0.2) is 0 Å². The molecule has 7 nitrogen and oxygen atoms in total. The van der Waals surface area contributed by atoms with Gasteiger partial charge in [-0.1, -0.05) is 26.2 Å². The van der Waals surface area contributed by atoms with Gasteiger partial charge in [-0.15, -0.1) is 24.0 Å². The summed E-state index contributed by atoms with van der Waals surface area (Å²) in [5.74, 6) is 1.30. The topological polar surface area (TPSA) is 54.4 Å². The molecule has 8 heteroatoms. The second kappa shape index (κ2) is 15.2. The molecule has 2 aliphatic rings. The van der Waals surface area contributed by atoms with Crippen molar-refractivity contribution in [2.24, 2.45) is 4.99 Å². The van der Waals surface area contributed by atoms with Crippen molar-refractivity contribution in [3.63, 3.8) is 0 Å². The summed E-state index contributed by atoms with van der Waals surface area (Å²) < 4.78 is 0. The van der Waals surface area contributed by atoms with Crippen LogP contribution in [0.4, 0.5) is 0 Å². The molecule has 2 fully saturated rings. The van der Waals surface area contributed by atoms with E-state index in [0.717, 1.165) is 77.7 Å². The zero-order valence-corrected chi connectivity index (χ0v) is 21.2. The zero-order chi connectivity index (χ0) is 20.2. The summed E-state index contributed by atoms with van der Waals surface area (Å²) in [4.78, 5) is 26.1. The fraction of sp³-hybridized carbons (Fsp3) is 0.905. The van der Waals surface area contributed by atoms with Crippen LogP contribution in [0, 0.1) is 0 Å². The van der Waals surface area contributed by atoms with Crippen molar-refractivity contribution in [2.75, 3.05) is 79.5 Å². The predicted octanol–water partition coefficient (Wildman–Crippen LogP) is 1.93. The fourth-order valence-corrected chi connectivity index (χ4v) is 3.96. The Morgan fingerprint density at radius 1 is 0.966 bits per heavy atom. The van der Waals surface area contributed by atoms with Gasteiger partial charge in [-0.2, -0.15) is 0 Å². The molecule has 0 atom stereocenters. The normalized spacial score (nSPS) is 19.1. The van der Waals surface area contributed by atoms with Crippen LogP contribution >= 0.6 is 24.0 Å². The lowest BCUT2D eigenvalue weighted by Gasteiger charge is -2.37. The van der Waals surface area contributed by atoms with Gasteiger partial charge in [0.05, 0.1) is 6.54 Å². The van der Waals surface area contributed by atoms with Crippen LogP contribution in [0.15, 0.2) is 4.99 Å². The van der Waals surface area contributed by atoms with Crippen LogP contribution < -0.4 is 5.32 Å². The highest BCUT2D eigenvalue weighted by molar-refractivity contribution is 14.0. The Balaban J connectivity index is 0.00000420. The third-order valence-electron chi connectivity index (χ3n) is 5.87. The first-order valence-electron chi connectivity index (χ1n) is 11.3. The van der Waals surface area contributed by atoms with E-state index in [4.69, 9.17) is 0 Å². The molecular weight excluding hydrogens is 479 g/mol. The van der Waals surface area contributed by atoms with Crippen LogP contribution in [0.1, 0.15) is 45.4 Å². The number of carbonyl (C=O) groups is 1. The number of carbonyl (C=O) groups excluding carboxylic acids is 1. The maximum absolute atomic E-state index is 12.6. The molecule has 0 unspecified atom stereocenters. The second-order valence-corrected chi connectivity index (χ2v) is 8.19. The summed E-state index contributed by atoms with van der Waals surface area (Å²) in [5.41, 5.74) is 0. The quantitative estimate of drug-likeness (QED) is 0.300. The number of rotatable bonds is 8. The summed E-state index contributed by atoms with van der Waals surface area (Å²) in [7, 11) is 4.04. The molecule has 2 saturated heterocycles. The molecule has 0 aromatic carbocycles. The fourth-order valence-electron chi connectivity index (χ4n) is 3.96. The van der Waals surface area contributed by atoms with Crippen LogP contribution in [0.25, 0.3) is 0 Å². The highest BCUT2D eigenvalue weighted by atomic mass is 127. The average Bonchev–Trinajstić information content (AvgIpc) is 3.00. The van der Waals surface area contributed by atoms with Crippen molar-refractivity contribution in [3.8, 4) is 0 Å². The molecule has 2 rings (SSSR count). The van der Waals surface area contributed by atoms with Crippen molar-refractivity contribution >= 4 is 35.8 Å². The molecule has 0 radical (unpaired) electrons.